The van der Waals surface area contributed by atoms with Crippen LogP contribution in [0.1, 0.15) is 18.2 Å². The molecule has 0 bridgehead atoms. The van der Waals surface area contributed by atoms with Gasteiger partial charge in [0.2, 0.25) is 0 Å². The van der Waals surface area contributed by atoms with E-state index in [4.69, 9.17) is 4.42 Å². The van der Waals surface area contributed by atoms with E-state index >= 15 is 0 Å². The van der Waals surface area contributed by atoms with Gasteiger partial charge in [0.25, 0.3) is 0 Å². The predicted octanol–water partition coefficient (Wildman–Crippen LogP) is 10.9. The van der Waals surface area contributed by atoms with Gasteiger partial charge in [0.15, 0.2) is 0 Å². The van der Waals surface area contributed by atoms with Crippen LogP contribution >= 0.6 is 0 Å². The molecule has 1 nitrogen and oxygen atoms in total. The molecule has 0 radical (unpaired) electrons. The first-order chi connectivity index (χ1) is 18.8. The van der Waals surface area contributed by atoms with Crippen LogP contribution < -0.4 is 0 Å². The summed E-state index contributed by atoms with van der Waals surface area (Å²) < 4.78 is 6.16. The first-order valence-corrected chi connectivity index (χ1v) is 13.0. The summed E-state index contributed by atoms with van der Waals surface area (Å²) in [5.41, 5.74) is 6.86. The number of furan rings is 1. The number of hydrogen-bond acceptors (Lipinski definition) is 1. The second-order valence-electron chi connectivity index (χ2n) is 9.66. The summed E-state index contributed by atoms with van der Waals surface area (Å²) in [6.07, 6.45) is 5.89. The van der Waals surface area contributed by atoms with E-state index in [1.165, 1.54) is 54.6 Å². The molecule has 0 atom stereocenters. The summed E-state index contributed by atoms with van der Waals surface area (Å²) in [5.74, 6) is 0.843. The smallest absolute Gasteiger partial charge is 0.135 e. The van der Waals surface area contributed by atoms with E-state index in [-0.39, 0.29) is 0 Å². The lowest BCUT2D eigenvalue weighted by atomic mass is 9.84. The molecule has 0 aliphatic carbocycles. The highest BCUT2D eigenvalue weighted by Crippen LogP contribution is 2.45. The Bertz CT molecular complexity index is 1990. The molecule has 0 amide bonds. The monoisotopic (exact) mass is 486 g/mol. The van der Waals surface area contributed by atoms with Crippen LogP contribution in [0.5, 0.6) is 0 Å². The van der Waals surface area contributed by atoms with Crippen LogP contribution in [0.25, 0.3) is 77.7 Å². The van der Waals surface area contributed by atoms with Crippen molar-refractivity contribution >= 4 is 55.4 Å². The molecule has 1 heterocycles. The Morgan fingerprint density at radius 2 is 1.21 bits per heavy atom. The predicted molar refractivity (Wildman–Crippen MR) is 164 cm³/mol. The standard InChI is InChI=1S/C37H26O/c1-3-12-34-26(4-2)33-23-25(21-22-35(33)38-34)36-29-16-7-9-18-31(29)37(32-19-10-8-17-30(32)36)28-20-11-14-24-13-5-6-15-27(24)28/h3-23H,2H2,1H3/b12-3-. The first-order valence-electron chi connectivity index (χ1n) is 13.0. The highest BCUT2D eigenvalue weighted by Gasteiger charge is 2.19. The van der Waals surface area contributed by atoms with Gasteiger partial charge in [-0.1, -0.05) is 116 Å². The molecule has 38 heavy (non-hydrogen) atoms. The summed E-state index contributed by atoms with van der Waals surface area (Å²) in [6, 6.07) is 39.4. The number of benzene rings is 6. The zero-order chi connectivity index (χ0) is 25.6. The highest BCUT2D eigenvalue weighted by atomic mass is 16.3. The van der Waals surface area contributed by atoms with Crippen molar-refractivity contribution in [1.82, 2.24) is 0 Å². The normalized spacial score (nSPS) is 11.8. The van der Waals surface area contributed by atoms with Crippen molar-refractivity contribution in [3.8, 4) is 22.3 Å². The van der Waals surface area contributed by atoms with Crippen LogP contribution in [0, 0.1) is 0 Å². The van der Waals surface area contributed by atoms with Gasteiger partial charge < -0.3 is 4.42 Å². The Morgan fingerprint density at radius 3 is 1.87 bits per heavy atom. The third kappa shape index (κ3) is 3.33. The minimum atomic E-state index is 0.843. The number of rotatable bonds is 4. The van der Waals surface area contributed by atoms with E-state index in [0.717, 1.165) is 22.3 Å². The molecule has 1 heteroatoms. The second kappa shape index (κ2) is 8.90. The van der Waals surface area contributed by atoms with Crippen molar-refractivity contribution in [3.05, 3.63) is 133 Å². The van der Waals surface area contributed by atoms with Crippen molar-refractivity contribution in [2.45, 2.75) is 6.92 Å². The molecular weight excluding hydrogens is 460 g/mol. The van der Waals surface area contributed by atoms with Gasteiger partial charge in [-0.25, -0.2) is 0 Å². The zero-order valence-electron chi connectivity index (χ0n) is 21.2. The van der Waals surface area contributed by atoms with E-state index in [0.29, 0.717) is 0 Å². The average molecular weight is 487 g/mol. The summed E-state index contributed by atoms with van der Waals surface area (Å²) in [4.78, 5) is 0. The maximum Gasteiger partial charge on any atom is 0.135 e. The molecule has 0 spiro atoms. The van der Waals surface area contributed by atoms with Crippen LogP contribution in [0.3, 0.4) is 0 Å². The summed E-state index contributed by atoms with van der Waals surface area (Å²) in [6.45, 7) is 6.08. The van der Waals surface area contributed by atoms with Gasteiger partial charge in [-0.15, -0.1) is 0 Å². The minimum absolute atomic E-state index is 0.843. The average Bonchev–Trinajstić information content (AvgIpc) is 3.32. The van der Waals surface area contributed by atoms with Crippen LogP contribution in [0.15, 0.2) is 126 Å². The lowest BCUT2D eigenvalue weighted by molar-refractivity contribution is 0.603. The maximum absolute atomic E-state index is 6.16. The molecule has 7 rings (SSSR count). The molecule has 6 aromatic carbocycles. The van der Waals surface area contributed by atoms with Crippen LogP contribution in [-0.2, 0) is 0 Å². The van der Waals surface area contributed by atoms with Gasteiger partial charge >= 0.3 is 0 Å². The second-order valence-corrected chi connectivity index (χ2v) is 9.66. The molecule has 7 aromatic rings. The van der Waals surface area contributed by atoms with Gasteiger partial charge in [-0.2, -0.15) is 0 Å². The third-order valence-corrected chi connectivity index (χ3v) is 7.56. The summed E-state index contributed by atoms with van der Waals surface area (Å²) in [7, 11) is 0. The summed E-state index contributed by atoms with van der Waals surface area (Å²) in [5, 5.41) is 8.59. The van der Waals surface area contributed by atoms with Gasteiger partial charge in [-0.05, 0) is 79.7 Å². The molecule has 0 N–H and O–H groups in total. The fourth-order valence-corrected chi connectivity index (χ4v) is 5.95. The largest absolute Gasteiger partial charge is 0.456 e. The number of fused-ring (bicyclic) bond motifs is 4. The molecule has 1 aromatic heterocycles. The van der Waals surface area contributed by atoms with E-state index in [2.05, 4.69) is 116 Å². The van der Waals surface area contributed by atoms with Gasteiger partial charge in [0, 0.05) is 10.9 Å². The van der Waals surface area contributed by atoms with Crippen molar-refractivity contribution in [3.63, 3.8) is 0 Å². The number of hydrogen-bond donors (Lipinski definition) is 0. The highest BCUT2D eigenvalue weighted by molar-refractivity contribution is 6.23. The fraction of sp³-hybridized carbons (Fsp3) is 0.0270. The molecular formula is C37H26O. The molecule has 0 fully saturated rings. The van der Waals surface area contributed by atoms with Crippen molar-refractivity contribution in [2.75, 3.05) is 0 Å². The van der Waals surface area contributed by atoms with Crippen LogP contribution in [-0.4, -0.2) is 0 Å². The Hall–Kier alpha value is -4.88. The lowest BCUT2D eigenvalue weighted by Gasteiger charge is -2.18. The molecule has 0 saturated heterocycles. The van der Waals surface area contributed by atoms with E-state index in [1.54, 1.807) is 0 Å². The van der Waals surface area contributed by atoms with Gasteiger partial charge in [0.05, 0.1) is 0 Å². The van der Waals surface area contributed by atoms with E-state index < -0.39 is 0 Å². The fourth-order valence-electron chi connectivity index (χ4n) is 5.95. The third-order valence-electron chi connectivity index (χ3n) is 7.56. The molecule has 0 unspecified atom stereocenters. The Kier molecular flexibility index (Phi) is 5.23. The van der Waals surface area contributed by atoms with Crippen LogP contribution in [0.2, 0.25) is 0 Å². The molecule has 0 aliphatic heterocycles. The van der Waals surface area contributed by atoms with Crippen molar-refractivity contribution < 1.29 is 4.42 Å². The van der Waals surface area contributed by atoms with Gasteiger partial charge in [-0.3, -0.25) is 0 Å². The quantitative estimate of drug-likeness (QED) is 0.225. The maximum atomic E-state index is 6.16. The van der Waals surface area contributed by atoms with E-state index in [9.17, 15) is 0 Å². The van der Waals surface area contributed by atoms with E-state index in [1.807, 2.05) is 25.2 Å². The Balaban J connectivity index is 1.61. The minimum Gasteiger partial charge on any atom is -0.456 e. The molecule has 0 saturated carbocycles. The SMILES string of the molecule is C=Cc1c(/C=C\C)oc2ccc(-c3c4ccccc4c(-c4cccc5ccccc45)c4ccccc34)cc12. The Labute approximate surface area is 222 Å². The topological polar surface area (TPSA) is 13.1 Å². The first kappa shape index (κ1) is 22.3. The molecule has 0 aliphatic rings. The van der Waals surface area contributed by atoms with Crippen LogP contribution in [0.4, 0.5) is 0 Å². The van der Waals surface area contributed by atoms with Crippen molar-refractivity contribution in [1.29, 1.82) is 0 Å². The summed E-state index contributed by atoms with van der Waals surface area (Å²) >= 11 is 0. The Morgan fingerprint density at radius 1 is 0.605 bits per heavy atom. The molecule has 180 valence electrons. The van der Waals surface area contributed by atoms with Crippen molar-refractivity contribution in [2.24, 2.45) is 0 Å². The number of allylic oxidation sites excluding steroid dienone is 1. The lowest BCUT2D eigenvalue weighted by Crippen LogP contribution is -1.91. The van der Waals surface area contributed by atoms with Gasteiger partial charge in [0.1, 0.15) is 11.3 Å². The zero-order valence-corrected chi connectivity index (χ0v) is 21.2.